The molecule has 2 aromatic carbocycles. The van der Waals surface area contributed by atoms with E-state index in [9.17, 15) is 4.79 Å². The van der Waals surface area contributed by atoms with Crippen molar-refractivity contribution in [2.45, 2.75) is 26.8 Å². The highest BCUT2D eigenvalue weighted by Crippen LogP contribution is 2.13. The average molecular weight is 279 g/mol. The summed E-state index contributed by atoms with van der Waals surface area (Å²) in [6.07, 6.45) is 1.66. The molecule has 0 bridgehead atoms. The molecule has 21 heavy (non-hydrogen) atoms. The van der Waals surface area contributed by atoms with Gasteiger partial charge in [0.1, 0.15) is 0 Å². The molecule has 1 N–H and O–H groups in total. The van der Waals surface area contributed by atoms with Gasteiger partial charge in [-0.3, -0.25) is 4.79 Å². The molecule has 0 aliphatic carbocycles. The number of allylic oxidation sites excluding steroid dienone is 2. The van der Waals surface area contributed by atoms with Gasteiger partial charge in [-0.25, -0.2) is 0 Å². The maximum absolute atomic E-state index is 12.2. The smallest absolute Gasteiger partial charge is 0.187 e. The first-order valence-corrected chi connectivity index (χ1v) is 7.17. The molecule has 108 valence electrons. The van der Waals surface area contributed by atoms with Crippen molar-refractivity contribution in [2.75, 3.05) is 0 Å². The molecule has 0 saturated heterocycles. The van der Waals surface area contributed by atoms with Crippen molar-refractivity contribution < 1.29 is 4.79 Å². The highest BCUT2D eigenvalue weighted by Gasteiger charge is 2.06. The Labute approximate surface area is 126 Å². The lowest BCUT2D eigenvalue weighted by atomic mass is 10.1. The van der Waals surface area contributed by atoms with Crippen molar-refractivity contribution in [2.24, 2.45) is 0 Å². The Morgan fingerprint density at radius 1 is 1.05 bits per heavy atom. The number of nitrogens with one attached hydrogen (secondary N) is 1. The first-order valence-electron chi connectivity index (χ1n) is 7.17. The molecule has 0 saturated carbocycles. The van der Waals surface area contributed by atoms with Crippen molar-refractivity contribution in [1.29, 1.82) is 0 Å². The molecule has 0 radical (unpaired) electrons. The van der Waals surface area contributed by atoms with Crippen molar-refractivity contribution in [3.63, 3.8) is 0 Å². The fourth-order valence-electron chi connectivity index (χ4n) is 2.21. The number of hydrogen-bond acceptors (Lipinski definition) is 2. The molecule has 2 aromatic rings. The van der Waals surface area contributed by atoms with E-state index in [0.717, 1.165) is 11.3 Å². The minimum absolute atomic E-state index is 0.0280. The number of carbonyl (C=O) groups excluding carboxylic acids is 1. The van der Waals surface area contributed by atoms with Gasteiger partial charge < -0.3 is 5.32 Å². The topological polar surface area (TPSA) is 29.1 Å². The number of rotatable bonds is 5. The minimum atomic E-state index is 0.0280. The van der Waals surface area contributed by atoms with Crippen LogP contribution in [0.3, 0.4) is 0 Å². The summed E-state index contributed by atoms with van der Waals surface area (Å²) in [5, 5.41) is 3.35. The molecule has 0 aromatic heterocycles. The van der Waals surface area contributed by atoms with Crippen LogP contribution in [0.2, 0.25) is 0 Å². The third kappa shape index (κ3) is 4.32. The minimum Gasteiger partial charge on any atom is -0.382 e. The zero-order valence-corrected chi connectivity index (χ0v) is 12.8. The van der Waals surface area contributed by atoms with Gasteiger partial charge in [-0.1, -0.05) is 60.2 Å². The summed E-state index contributed by atoms with van der Waals surface area (Å²) in [6, 6.07) is 18.0. The zero-order valence-electron chi connectivity index (χ0n) is 12.8. The second kappa shape index (κ2) is 6.89. The van der Waals surface area contributed by atoms with Crippen molar-refractivity contribution in [1.82, 2.24) is 5.32 Å². The van der Waals surface area contributed by atoms with E-state index in [4.69, 9.17) is 0 Å². The van der Waals surface area contributed by atoms with Gasteiger partial charge in [0, 0.05) is 23.4 Å². The van der Waals surface area contributed by atoms with Gasteiger partial charge in [-0.2, -0.15) is 0 Å². The first-order chi connectivity index (χ1) is 10.1. The lowest BCUT2D eigenvalue weighted by Crippen LogP contribution is -2.17. The molecule has 0 aliphatic rings. The van der Waals surface area contributed by atoms with Gasteiger partial charge in [0.05, 0.1) is 0 Å². The third-order valence-electron chi connectivity index (χ3n) is 3.43. The monoisotopic (exact) mass is 279 g/mol. The van der Waals surface area contributed by atoms with Crippen LogP contribution in [-0.2, 0) is 0 Å². The third-order valence-corrected chi connectivity index (χ3v) is 3.43. The molecule has 2 heteroatoms. The summed E-state index contributed by atoms with van der Waals surface area (Å²) >= 11 is 0. The molecule has 0 fully saturated rings. The Hall–Kier alpha value is -2.35. The van der Waals surface area contributed by atoms with Gasteiger partial charge in [0.25, 0.3) is 0 Å². The summed E-state index contributed by atoms with van der Waals surface area (Å²) < 4.78 is 0. The van der Waals surface area contributed by atoms with Crippen LogP contribution < -0.4 is 5.32 Å². The highest BCUT2D eigenvalue weighted by atomic mass is 16.1. The van der Waals surface area contributed by atoms with E-state index in [1.807, 2.05) is 56.3 Å². The predicted molar refractivity (Wildman–Crippen MR) is 87.3 cm³/mol. The fraction of sp³-hybridized carbons (Fsp3) is 0.211. The van der Waals surface area contributed by atoms with E-state index < -0.39 is 0 Å². The molecule has 0 heterocycles. The second-order valence-corrected chi connectivity index (χ2v) is 5.33. The van der Waals surface area contributed by atoms with E-state index in [1.165, 1.54) is 5.56 Å². The van der Waals surface area contributed by atoms with Crippen LogP contribution in [0, 0.1) is 6.92 Å². The molecular formula is C19H21NO. The van der Waals surface area contributed by atoms with E-state index in [2.05, 4.69) is 24.4 Å². The summed E-state index contributed by atoms with van der Waals surface area (Å²) in [5.74, 6) is 0.0280. The summed E-state index contributed by atoms with van der Waals surface area (Å²) in [6.45, 7) is 6.02. The van der Waals surface area contributed by atoms with Gasteiger partial charge in [0.2, 0.25) is 0 Å². The van der Waals surface area contributed by atoms with E-state index in [0.29, 0.717) is 5.56 Å². The molecule has 1 atom stereocenters. The second-order valence-electron chi connectivity index (χ2n) is 5.33. The van der Waals surface area contributed by atoms with Crippen LogP contribution >= 0.6 is 0 Å². The SMILES string of the molecule is C/C(=C\C(=O)c1ccc(C)cc1)N[C@H](C)c1ccccc1. The van der Waals surface area contributed by atoms with Crippen molar-refractivity contribution >= 4 is 5.78 Å². The van der Waals surface area contributed by atoms with Crippen LogP contribution in [0.25, 0.3) is 0 Å². The maximum Gasteiger partial charge on any atom is 0.187 e. The van der Waals surface area contributed by atoms with Gasteiger partial charge in [0.15, 0.2) is 5.78 Å². The normalized spacial score (nSPS) is 12.8. The quantitative estimate of drug-likeness (QED) is 0.648. The van der Waals surface area contributed by atoms with E-state index >= 15 is 0 Å². The summed E-state index contributed by atoms with van der Waals surface area (Å²) in [4.78, 5) is 12.2. The van der Waals surface area contributed by atoms with Gasteiger partial charge in [-0.05, 0) is 26.3 Å². The standard InChI is InChI=1S/C19H21NO/c1-14-9-11-18(12-10-14)19(21)13-15(2)20-16(3)17-7-5-4-6-8-17/h4-13,16,20H,1-3H3/b15-13+/t16-/m1/s1. The van der Waals surface area contributed by atoms with Crippen LogP contribution in [0.5, 0.6) is 0 Å². The van der Waals surface area contributed by atoms with Crippen molar-refractivity contribution in [3.8, 4) is 0 Å². The van der Waals surface area contributed by atoms with Crippen LogP contribution in [0.15, 0.2) is 66.4 Å². The Kier molecular flexibility index (Phi) is 4.94. The summed E-state index contributed by atoms with van der Waals surface area (Å²) in [7, 11) is 0. The number of hydrogen-bond donors (Lipinski definition) is 1. The number of aryl methyl sites for hydroxylation is 1. The van der Waals surface area contributed by atoms with Gasteiger partial charge in [-0.15, -0.1) is 0 Å². The van der Waals surface area contributed by atoms with Crippen LogP contribution in [0.1, 0.15) is 41.4 Å². The Bertz CT molecular complexity index is 626. The average Bonchev–Trinajstić information content (AvgIpc) is 2.48. The summed E-state index contributed by atoms with van der Waals surface area (Å²) in [5.41, 5.74) is 3.95. The molecule has 0 aliphatic heterocycles. The van der Waals surface area contributed by atoms with Crippen LogP contribution in [-0.4, -0.2) is 5.78 Å². The molecular weight excluding hydrogens is 258 g/mol. The lowest BCUT2D eigenvalue weighted by Gasteiger charge is -2.15. The van der Waals surface area contributed by atoms with Gasteiger partial charge >= 0.3 is 0 Å². The molecule has 0 spiro atoms. The fourth-order valence-corrected chi connectivity index (χ4v) is 2.21. The molecule has 0 unspecified atom stereocenters. The molecule has 0 amide bonds. The Morgan fingerprint density at radius 3 is 2.29 bits per heavy atom. The molecule has 2 rings (SSSR count). The van der Waals surface area contributed by atoms with Crippen LogP contribution in [0.4, 0.5) is 0 Å². The Balaban J connectivity index is 2.04. The maximum atomic E-state index is 12.2. The van der Waals surface area contributed by atoms with Crippen molar-refractivity contribution in [3.05, 3.63) is 83.1 Å². The predicted octanol–water partition coefficient (Wildman–Crippen LogP) is 4.43. The largest absolute Gasteiger partial charge is 0.382 e. The Morgan fingerprint density at radius 2 is 1.67 bits per heavy atom. The lowest BCUT2D eigenvalue weighted by molar-refractivity contribution is 0.104. The van der Waals surface area contributed by atoms with E-state index in [-0.39, 0.29) is 11.8 Å². The zero-order chi connectivity index (χ0) is 15.2. The highest BCUT2D eigenvalue weighted by molar-refractivity contribution is 6.04. The van der Waals surface area contributed by atoms with E-state index in [1.54, 1.807) is 6.08 Å². The number of ketones is 1. The first kappa shape index (κ1) is 15.0. The number of benzene rings is 2. The molecule has 2 nitrogen and oxygen atoms in total. The number of carbonyl (C=O) groups is 1.